The number of hydrogen-bond donors (Lipinski definition) is 0. The fourth-order valence-electron chi connectivity index (χ4n) is 11.3. The maximum absolute atomic E-state index is 12.8. The molecule has 0 radical (unpaired) electrons. The van der Waals surface area contributed by atoms with E-state index in [2.05, 4.69) is 20.8 Å². The van der Waals surface area contributed by atoms with Crippen molar-refractivity contribution < 1.29 is 28.6 Å². The zero-order valence-corrected chi connectivity index (χ0v) is 52.8. The minimum atomic E-state index is -0.761. The number of esters is 3. The van der Waals surface area contributed by atoms with E-state index < -0.39 is 6.10 Å². The quantitative estimate of drug-likeness (QED) is 0.0343. The van der Waals surface area contributed by atoms with E-state index in [0.717, 1.165) is 57.8 Å². The van der Waals surface area contributed by atoms with Crippen molar-refractivity contribution in [2.45, 2.75) is 425 Å². The van der Waals surface area contributed by atoms with Gasteiger partial charge in [-0.3, -0.25) is 14.4 Å². The molecular weight excluding hydrogens is 949 g/mol. The van der Waals surface area contributed by atoms with Crippen molar-refractivity contribution in [1.29, 1.82) is 0 Å². The Kier molecular flexibility index (Phi) is 65.5. The molecule has 0 N–H and O–H groups in total. The number of unbranched alkanes of at least 4 members (excludes halogenated alkanes) is 56. The van der Waals surface area contributed by atoms with Crippen molar-refractivity contribution in [3.05, 3.63) is 0 Å². The molecule has 0 aromatic rings. The van der Waals surface area contributed by atoms with E-state index in [1.807, 2.05) is 0 Å². The number of carbonyl (C=O) groups excluding carboxylic acids is 3. The highest BCUT2D eigenvalue weighted by atomic mass is 16.6. The number of rotatable bonds is 67. The Bertz CT molecular complexity index is 1160. The maximum Gasteiger partial charge on any atom is 0.306 e. The van der Waals surface area contributed by atoms with Crippen LogP contribution >= 0.6 is 0 Å². The van der Waals surface area contributed by atoms with Gasteiger partial charge in [-0.2, -0.15) is 0 Å². The predicted molar refractivity (Wildman–Crippen MR) is 335 cm³/mol. The molecule has 0 fully saturated rings. The van der Waals surface area contributed by atoms with E-state index in [4.69, 9.17) is 14.2 Å². The van der Waals surface area contributed by atoms with Gasteiger partial charge in [0.15, 0.2) is 6.10 Å². The van der Waals surface area contributed by atoms with Crippen molar-refractivity contribution in [2.75, 3.05) is 13.2 Å². The molecular formula is C71H138O6. The molecule has 1 atom stereocenters. The van der Waals surface area contributed by atoms with E-state index >= 15 is 0 Å². The van der Waals surface area contributed by atoms with E-state index in [9.17, 15) is 14.4 Å². The van der Waals surface area contributed by atoms with Crippen LogP contribution in [0.2, 0.25) is 0 Å². The molecule has 6 heteroatoms. The van der Waals surface area contributed by atoms with Gasteiger partial charge in [0.2, 0.25) is 0 Å². The van der Waals surface area contributed by atoms with Crippen LogP contribution in [0.3, 0.4) is 0 Å². The van der Waals surface area contributed by atoms with E-state index in [0.29, 0.717) is 19.3 Å². The second-order valence-electron chi connectivity index (χ2n) is 24.5. The van der Waals surface area contributed by atoms with Crippen LogP contribution < -0.4 is 0 Å². The molecule has 0 saturated carbocycles. The molecule has 0 aliphatic heterocycles. The molecule has 0 rings (SSSR count). The highest BCUT2D eigenvalue weighted by Crippen LogP contribution is 2.20. The predicted octanol–water partition coefficient (Wildman–Crippen LogP) is 24.2. The summed E-state index contributed by atoms with van der Waals surface area (Å²) in [4.78, 5) is 38.0. The summed E-state index contributed by atoms with van der Waals surface area (Å²) in [5.74, 6) is -0.839. The topological polar surface area (TPSA) is 78.9 Å². The molecule has 0 heterocycles. The first-order chi connectivity index (χ1) is 38.0. The van der Waals surface area contributed by atoms with Crippen LogP contribution in [-0.4, -0.2) is 37.2 Å². The Morgan fingerprint density at radius 2 is 0.351 bits per heavy atom. The smallest absolute Gasteiger partial charge is 0.306 e. The number of hydrogen-bond acceptors (Lipinski definition) is 6. The second-order valence-corrected chi connectivity index (χ2v) is 24.5. The van der Waals surface area contributed by atoms with Crippen molar-refractivity contribution in [3.63, 3.8) is 0 Å². The van der Waals surface area contributed by atoms with Crippen molar-refractivity contribution in [1.82, 2.24) is 0 Å². The number of ether oxygens (including phenoxy) is 3. The van der Waals surface area contributed by atoms with Gasteiger partial charge >= 0.3 is 17.9 Å². The first kappa shape index (κ1) is 75.4. The Balaban J connectivity index is 3.87. The van der Waals surface area contributed by atoms with Crippen LogP contribution in [0.15, 0.2) is 0 Å². The van der Waals surface area contributed by atoms with Crippen molar-refractivity contribution >= 4 is 17.9 Å². The van der Waals surface area contributed by atoms with Crippen LogP contribution in [0.4, 0.5) is 0 Å². The maximum atomic E-state index is 12.8. The van der Waals surface area contributed by atoms with Crippen LogP contribution in [0.25, 0.3) is 0 Å². The largest absolute Gasteiger partial charge is 0.462 e. The third-order valence-corrected chi connectivity index (χ3v) is 16.6. The van der Waals surface area contributed by atoms with Gasteiger partial charge in [-0.25, -0.2) is 0 Å². The molecule has 1 unspecified atom stereocenters. The molecule has 458 valence electrons. The molecule has 0 aromatic carbocycles. The molecule has 0 aromatic heterocycles. The van der Waals surface area contributed by atoms with Gasteiger partial charge in [0, 0.05) is 19.3 Å². The minimum absolute atomic E-state index is 0.0618. The summed E-state index contributed by atoms with van der Waals surface area (Å²) in [5.41, 5.74) is 0. The molecule has 0 aliphatic carbocycles. The normalized spacial score (nSPS) is 11.9. The summed E-state index contributed by atoms with van der Waals surface area (Å²) in [7, 11) is 0. The van der Waals surface area contributed by atoms with Crippen molar-refractivity contribution in [2.24, 2.45) is 0 Å². The van der Waals surface area contributed by atoms with Gasteiger partial charge in [-0.1, -0.05) is 380 Å². The summed E-state index contributed by atoms with van der Waals surface area (Å²) in [6.07, 6.45) is 79.1. The highest BCUT2D eigenvalue weighted by Gasteiger charge is 2.19. The molecule has 0 amide bonds. The Morgan fingerprint density at radius 3 is 0.519 bits per heavy atom. The average Bonchev–Trinajstić information content (AvgIpc) is 3.43. The van der Waals surface area contributed by atoms with Crippen LogP contribution in [0.1, 0.15) is 419 Å². The fourth-order valence-corrected chi connectivity index (χ4v) is 11.3. The monoisotopic (exact) mass is 1090 g/mol. The number of carbonyl (C=O) groups is 3. The van der Waals surface area contributed by atoms with Gasteiger partial charge in [-0.15, -0.1) is 0 Å². The molecule has 0 saturated heterocycles. The Morgan fingerprint density at radius 1 is 0.208 bits per heavy atom. The standard InChI is InChI=1S/C71H138O6/c1-4-7-10-13-16-18-20-22-24-26-28-29-30-31-32-33-34-35-36-37-38-39-40-41-42-44-45-47-49-51-53-55-58-61-64-70(73)76-67-68(66-75-69(72)63-60-57-15-12-9-6-3)77-71(74)65-62-59-56-54-52-50-48-46-43-27-25-23-21-19-17-14-11-8-5-2/h68H,4-67H2,1-3H3. The summed E-state index contributed by atoms with van der Waals surface area (Å²) in [5, 5.41) is 0. The first-order valence-electron chi connectivity index (χ1n) is 35.5. The second kappa shape index (κ2) is 66.9. The lowest BCUT2D eigenvalue weighted by atomic mass is 10.0. The zero-order valence-electron chi connectivity index (χ0n) is 52.8. The van der Waals surface area contributed by atoms with Crippen LogP contribution in [0, 0.1) is 0 Å². The lowest BCUT2D eigenvalue weighted by Gasteiger charge is -2.18. The minimum Gasteiger partial charge on any atom is -0.462 e. The van der Waals surface area contributed by atoms with Gasteiger partial charge in [-0.05, 0) is 19.3 Å². The molecule has 0 spiro atoms. The van der Waals surface area contributed by atoms with Crippen molar-refractivity contribution in [3.8, 4) is 0 Å². The summed E-state index contributed by atoms with van der Waals surface area (Å²) >= 11 is 0. The van der Waals surface area contributed by atoms with Gasteiger partial charge in [0.05, 0.1) is 0 Å². The Hall–Kier alpha value is -1.59. The molecule has 0 aliphatic rings. The van der Waals surface area contributed by atoms with Gasteiger partial charge in [0.1, 0.15) is 13.2 Å². The van der Waals surface area contributed by atoms with E-state index in [-0.39, 0.29) is 31.1 Å². The lowest BCUT2D eigenvalue weighted by molar-refractivity contribution is -0.167. The average molecular weight is 1090 g/mol. The molecule has 77 heavy (non-hydrogen) atoms. The summed E-state index contributed by atoms with van der Waals surface area (Å²) < 4.78 is 16.9. The SMILES string of the molecule is CCCCCCCCCCCCCCCCCCCCCCCCCCCCCCCCCCCCC(=O)OCC(COC(=O)CCCCCCCC)OC(=O)CCCCCCCCCCCCCCCCCCCCC. The van der Waals surface area contributed by atoms with Crippen LogP contribution in [-0.2, 0) is 28.6 Å². The van der Waals surface area contributed by atoms with E-state index in [1.54, 1.807) is 0 Å². The third-order valence-electron chi connectivity index (χ3n) is 16.6. The summed E-state index contributed by atoms with van der Waals surface area (Å²) in [6, 6.07) is 0. The zero-order chi connectivity index (χ0) is 55.7. The molecule has 0 bridgehead atoms. The first-order valence-corrected chi connectivity index (χ1v) is 35.5. The molecule has 6 nitrogen and oxygen atoms in total. The van der Waals surface area contributed by atoms with Gasteiger partial charge < -0.3 is 14.2 Å². The lowest BCUT2D eigenvalue weighted by Crippen LogP contribution is -2.30. The third kappa shape index (κ3) is 65.1. The fraction of sp³-hybridized carbons (Fsp3) is 0.958. The Labute approximate surface area is 482 Å². The van der Waals surface area contributed by atoms with E-state index in [1.165, 1.54) is 321 Å². The summed E-state index contributed by atoms with van der Waals surface area (Å²) in [6.45, 7) is 6.67. The van der Waals surface area contributed by atoms with Gasteiger partial charge in [0.25, 0.3) is 0 Å². The highest BCUT2D eigenvalue weighted by molar-refractivity contribution is 5.71. The van der Waals surface area contributed by atoms with Crippen LogP contribution in [0.5, 0.6) is 0 Å².